The van der Waals surface area contributed by atoms with Crippen LogP contribution in [0, 0.1) is 5.92 Å². The lowest BCUT2D eigenvalue weighted by Crippen LogP contribution is -2.65. The fourth-order valence-corrected chi connectivity index (χ4v) is 5.74. The summed E-state index contributed by atoms with van der Waals surface area (Å²) < 4.78 is 17.5. The highest BCUT2D eigenvalue weighted by atomic mass is 28.1. The van der Waals surface area contributed by atoms with Crippen LogP contribution in [0.2, 0.25) is 0 Å². The Morgan fingerprint density at radius 2 is 2.04 bits per heavy atom. The molecule has 2 bridgehead atoms. The summed E-state index contributed by atoms with van der Waals surface area (Å²) in [5.74, 6) is 0.712. The van der Waals surface area contributed by atoms with Crippen molar-refractivity contribution >= 4 is 22.9 Å². The first-order valence-corrected chi connectivity index (χ1v) is 9.49. The van der Waals surface area contributed by atoms with E-state index in [1.807, 2.05) is 12.1 Å². The zero-order valence-electron chi connectivity index (χ0n) is 17.2. The molecular weight excluding hydrogens is 374 g/mol. The van der Waals surface area contributed by atoms with Gasteiger partial charge in [-0.3, -0.25) is 9.59 Å². The molecule has 0 amide bonds. The minimum Gasteiger partial charge on any atom is -0.481 e. The molecule has 4 radical (unpaired) electrons. The summed E-state index contributed by atoms with van der Waals surface area (Å²) in [6.07, 6.45) is 5.31. The molecule has 146 valence electrons. The van der Waals surface area contributed by atoms with Crippen LogP contribution >= 0.6 is 0 Å². The van der Waals surface area contributed by atoms with E-state index in [0.717, 1.165) is 24.9 Å². The summed E-state index contributed by atoms with van der Waals surface area (Å²) in [5.41, 5.74) is 2.15. The lowest BCUT2D eigenvalue weighted by atomic mass is 9.53. The lowest BCUT2D eigenvalue weighted by Gasteiger charge is -2.56. The Balaban J connectivity index is 0.00000120. The smallest absolute Gasteiger partial charge is 0.481 e. The molecule has 0 saturated carbocycles. The fourth-order valence-electron chi connectivity index (χ4n) is 5.74. The third-order valence-electron chi connectivity index (χ3n) is 6.67. The van der Waals surface area contributed by atoms with Gasteiger partial charge in [-0.1, -0.05) is 12.1 Å². The van der Waals surface area contributed by atoms with Crippen LogP contribution in [-0.2, 0) is 26.2 Å². The number of esters is 2. The molecule has 5 atom stereocenters. The molecule has 1 aromatic rings. The number of hydrogen-bond donors (Lipinski definition) is 0. The number of carbonyl (C=O) groups excluding carboxylic acids is 2. The van der Waals surface area contributed by atoms with E-state index < -0.39 is 6.10 Å². The van der Waals surface area contributed by atoms with E-state index in [1.54, 1.807) is 0 Å². The topological polar surface area (TPSA) is 65.1 Å². The van der Waals surface area contributed by atoms with Gasteiger partial charge in [0.05, 0.1) is 0 Å². The molecular formula is C21H24NO5Si+. The molecule has 4 aliphatic rings. The van der Waals surface area contributed by atoms with Crippen LogP contribution in [0.3, 0.4) is 0 Å². The van der Waals surface area contributed by atoms with Crippen molar-refractivity contribution in [3.8, 4) is 11.5 Å². The largest absolute Gasteiger partial charge is 1.00 e. The monoisotopic (exact) mass is 398 g/mol. The molecule has 0 unspecified atom stereocenters. The summed E-state index contributed by atoms with van der Waals surface area (Å²) in [6, 6.07) is 4.28. The van der Waals surface area contributed by atoms with Gasteiger partial charge >= 0.3 is 13.4 Å². The highest BCUT2D eigenvalue weighted by Gasteiger charge is 2.65. The van der Waals surface area contributed by atoms with Crippen molar-refractivity contribution in [1.29, 1.82) is 0 Å². The van der Waals surface area contributed by atoms with Crippen LogP contribution in [0.25, 0.3) is 0 Å². The number of benzene rings is 1. The van der Waals surface area contributed by atoms with Gasteiger partial charge in [-0.25, -0.2) is 0 Å². The number of carbonyl (C=O) groups is 2. The second kappa shape index (κ2) is 6.45. The van der Waals surface area contributed by atoms with Crippen molar-refractivity contribution in [3.05, 3.63) is 35.4 Å². The number of hydrogen-bond acceptors (Lipinski definition) is 6. The summed E-state index contributed by atoms with van der Waals surface area (Å²) in [4.78, 5) is 25.7. The van der Waals surface area contributed by atoms with Gasteiger partial charge in [0.25, 0.3) is 0 Å². The first-order chi connectivity index (χ1) is 12.9. The first-order valence-electron chi connectivity index (χ1n) is 9.49. The molecule has 0 aromatic heterocycles. The quantitative estimate of drug-likeness (QED) is 0.327. The average Bonchev–Trinajstić information content (AvgIpc) is 2.95. The van der Waals surface area contributed by atoms with E-state index in [4.69, 9.17) is 14.2 Å². The molecule has 1 spiro atoms. The molecule has 2 aliphatic carbocycles. The third-order valence-corrected chi connectivity index (χ3v) is 6.67. The number of rotatable bonds is 2. The van der Waals surface area contributed by atoms with Crippen molar-refractivity contribution in [2.75, 3.05) is 13.6 Å². The molecule has 1 saturated heterocycles. The molecule has 1 aromatic carbocycles. The Hall–Kier alpha value is -2.12. The SMILES string of the molecule is CC(=O)Oc1ccc2c3c1O[C@H]1[C@@H](OC(C)=O)C=C[C@H]4[C@@H](C2)N(C)CC[C@@]341.[H+].[Si]. The van der Waals surface area contributed by atoms with Crippen molar-refractivity contribution in [3.63, 3.8) is 0 Å². The van der Waals surface area contributed by atoms with Gasteiger partial charge in [-0.15, -0.1) is 0 Å². The minimum absolute atomic E-state index is 0. The Labute approximate surface area is 170 Å². The highest BCUT2D eigenvalue weighted by Crippen LogP contribution is 2.62. The Morgan fingerprint density at radius 3 is 2.75 bits per heavy atom. The predicted molar refractivity (Wildman–Crippen MR) is 104 cm³/mol. The van der Waals surface area contributed by atoms with Gasteiger partial charge in [-0.2, -0.15) is 0 Å². The summed E-state index contributed by atoms with van der Waals surface area (Å²) >= 11 is 0. The second-order valence-electron chi connectivity index (χ2n) is 8.09. The Bertz CT molecular complexity index is 890. The fraction of sp³-hybridized carbons (Fsp3) is 0.524. The van der Waals surface area contributed by atoms with E-state index in [1.165, 1.54) is 19.4 Å². The second-order valence-corrected chi connectivity index (χ2v) is 8.09. The van der Waals surface area contributed by atoms with E-state index >= 15 is 0 Å². The van der Waals surface area contributed by atoms with Crippen LogP contribution in [0.15, 0.2) is 24.3 Å². The van der Waals surface area contributed by atoms with Crippen molar-refractivity contribution in [2.45, 2.75) is 50.4 Å². The first kappa shape index (κ1) is 19.2. The van der Waals surface area contributed by atoms with Gasteiger partial charge < -0.3 is 19.1 Å². The molecule has 2 heterocycles. The van der Waals surface area contributed by atoms with Gasteiger partial charge in [0.2, 0.25) is 0 Å². The highest BCUT2D eigenvalue weighted by molar-refractivity contribution is 5.75. The Kier molecular flexibility index (Phi) is 4.43. The molecule has 6 nitrogen and oxygen atoms in total. The molecule has 1 fully saturated rings. The zero-order valence-corrected chi connectivity index (χ0v) is 17.2. The van der Waals surface area contributed by atoms with Gasteiger partial charge in [0.1, 0.15) is 6.10 Å². The molecule has 7 heteroatoms. The summed E-state index contributed by atoms with van der Waals surface area (Å²) in [7, 11) is 2.17. The molecule has 2 aliphatic heterocycles. The zero-order chi connectivity index (χ0) is 18.9. The number of likely N-dealkylation sites (tertiary alicyclic amines) is 1. The summed E-state index contributed by atoms with van der Waals surface area (Å²) in [5, 5.41) is 0. The third kappa shape index (κ3) is 2.42. The van der Waals surface area contributed by atoms with E-state index in [9.17, 15) is 9.59 Å². The number of ether oxygens (including phenoxy) is 3. The number of piperidine rings is 1. The number of nitrogens with zero attached hydrogens (tertiary/aromatic N) is 1. The van der Waals surface area contributed by atoms with Gasteiger partial charge in [0, 0.05) is 47.8 Å². The van der Waals surface area contributed by atoms with Crippen LogP contribution in [0.4, 0.5) is 0 Å². The molecule has 5 rings (SSSR count). The van der Waals surface area contributed by atoms with Crippen molar-refractivity contribution < 1.29 is 25.2 Å². The summed E-state index contributed by atoms with van der Waals surface area (Å²) in [6.45, 7) is 3.77. The van der Waals surface area contributed by atoms with Crippen LogP contribution < -0.4 is 9.47 Å². The predicted octanol–water partition coefficient (Wildman–Crippen LogP) is 1.72. The van der Waals surface area contributed by atoms with Crippen molar-refractivity contribution in [2.24, 2.45) is 5.92 Å². The average molecular weight is 399 g/mol. The molecule has 28 heavy (non-hydrogen) atoms. The van der Waals surface area contributed by atoms with Crippen LogP contribution in [-0.4, -0.2) is 59.6 Å². The lowest BCUT2D eigenvalue weighted by molar-refractivity contribution is -0.152. The number of likely N-dealkylation sites (N-methyl/N-ethyl adjacent to an activating group) is 1. The van der Waals surface area contributed by atoms with Gasteiger partial charge in [-0.05, 0) is 44.1 Å². The molecule has 0 N–H and O–H groups in total. The maximum atomic E-state index is 11.7. The maximum absolute atomic E-state index is 11.7. The maximum Gasteiger partial charge on any atom is 1.00 e. The standard InChI is InChI=1S/C21H23NO5.Si/c1-11(23)25-16-6-4-13-10-15-14-5-7-17(26-12(2)24)20-21(14,8-9-22(15)3)18(13)19(16)27-20;/h4-7,14-15,17,20H,8-10H2,1-3H3;/p+1/t14-,15+,17-,20-,21-;/m0./s1. The van der Waals surface area contributed by atoms with Crippen molar-refractivity contribution in [1.82, 2.24) is 4.90 Å². The normalized spacial score (nSPS) is 34.0. The van der Waals surface area contributed by atoms with Crippen LogP contribution in [0.1, 0.15) is 32.8 Å². The van der Waals surface area contributed by atoms with E-state index in [-0.39, 0.29) is 41.8 Å². The minimum atomic E-state index is -0.439. The van der Waals surface area contributed by atoms with Crippen LogP contribution in [0.5, 0.6) is 11.5 Å². The van der Waals surface area contributed by atoms with E-state index in [0.29, 0.717) is 17.5 Å². The van der Waals surface area contributed by atoms with Gasteiger partial charge in [0.15, 0.2) is 17.6 Å². The Morgan fingerprint density at radius 1 is 1.25 bits per heavy atom. The van der Waals surface area contributed by atoms with E-state index in [2.05, 4.69) is 24.1 Å².